The van der Waals surface area contributed by atoms with Crippen LogP contribution in [0.5, 0.6) is 0 Å². The predicted molar refractivity (Wildman–Crippen MR) is 258 cm³/mol. The molecule has 0 saturated carbocycles. The Kier molecular flexibility index (Phi) is 8.60. The van der Waals surface area contributed by atoms with Crippen molar-refractivity contribution in [2.45, 2.75) is 12.3 Å². The monoisotopic (exact) mass is 792 g/mol. The van der Waals surface area contributed by atoms with Crippen molar-refractivity contribution in [3.05, 3.63) is 230 Å². The molecule has 0 N–H and O–H groups in total. The fourth-order valence-electron chi connectivity index (χ4n) is 9.53. The molecular formula is C58H40N4. The molecule has 0 saturated heterocycles. The lowest BCUT2D eigenvalue weighted by Crippen LogP contribution is -2.06. The lowest BCUT2D eigenvalue weighted by Gasteiger charge is -2.22. The highest BCUT2D eigenvalue weighted by atomic mass is 15.0. The van der Waals surface area contributed by atoms with Gasteiger partial charge in [0.2, 0.25) is 0 Å². The van der Waals surface area contributed by atoms with Gasteiger partial charge in [-0.2, -0.15) is 0 Å². The highest BCUT2D eigenvalue weighted by Crippen LogP contribution is 2.46. The number of hydrogen-bond donors (Lipinski definition) is 0. The molecule has 1 aliphatic rings. The van der Waals surface area contributed by atoms with E-state index < -0.39 is 0 Å². The zero-order chi connectivity index (χ0) is 41.0. The summed E-state index contributed by atoms with van der Waals surface area (Å²) in [7, 11) is 0. The lowest BCUT2D eigenvalue weighted by molar-refractivity contribution is 0.775. The van der Waals surface area contributed by atoms with Gasteiger partial charge in [-0.15, -0.1) is 0 Å². The summed E-state index contributed by atoms with van der Waals surface area (Å²) in [6.45, 7) is 0. The van der Waals surface area contributed by atoms with Crippen LogP contribution < -0.4 is 0 Å². The summed E-state index contributed by atoms with van der Waals surface area (Å²) in [5, 5.41) is 4.90. The topological polar surface area (TPSA) is 35.6 Å². The maximum atomic E-state index is 5.40. The summed E-state index contributed by atoms with van der Waals surface area (Å²) >= 11 is 0. The molecule has 0 radical (unpaired) electrons. The first-order valence-corrected chi connectivity index (χ1v) is 21.4. The van der Waals surface area contributed by atoms with Crippen molar-refractivity contribution in [3.8, 4) is 56.1 Å². The first-order chi connectivity index (χ1) is 30.8. The van der Waals surface area contributed by atoms with E-state index in [4.69, 9.17) is 9.97 Å². The van der Waals surface area contributed by atoms with E-state index >= 15 is 0 Å². The molecule has 0 fully saturated rings. The van der Waals surface area contributed by atoms with Crippen LogP contribution >= 0.6 is 0 Å². The minimum absolute atomic E-state index is 0.0878. The highest BCUT2D eigenvalue weighted by molar-refractivity contribution is 6.19. The molecule has 1 unspecified atom stereocenters. The summed E-state index contributed by atoms with van der Waals surface area (Å²) < 4.78 is 4.94. The van der Waals surface area contributed by atoms with Gasteiger partial charge in [-0.25, -0.2) is 9.97 Å². The van der Waals surface area contributed by atoms with E-state index in [-0.39, 0.29) is 5.92 Å². The molecule has 11 aromatic rings. The first-order valence-electron chi connectivity index (χ1n) is 21.4. The van der Waals surface area contributed by atoms with Gasteiger partial charge in [0.15, 0.2) is 0 Å². The Labute approximate surface area is 360 Å². The second-order valence-electron chi connectivity index (χ2n) is 16.1. The molecule has 4 heteroatoms. The second-order valence-corrected chi connectivity index (χ2v) is 16.1. The smallest absolute Gasteiger partial charge is 0.136 e. The van der Waals surface area contributed by atoms with Crippen molar-refractivity contribution in [1.29, 1.82) is 0 Å². The van der Waals surface area contributed by atoms with Crippen molar-refractivity contribution in [3.63, 3.8) is 0 Å². The van der Waals surface area contributed by atoms with Crippen LogP contribution in [0.4, 0.5) is 0 Å². The van der Waals surface area contributed by atoms with Gasteiger partial charge in [0.05, 0.1) is 39.1 Å². The van der Waals surface area contributed by atoms with Crippen LogP contribution in [-0.4, -0.2) is 19.1 Å². The van der Waals surface area contributed by atoms with E-state index in [0.29, 0.717) is 0 Å². The molecule has 1 atom stereocenters. The SMILES string of the molecule is C1=CCC(c2nc(-c3ccccc3)cc(-c3cc(-c4ccccc4)c(-n4c5ccccc5c5cc6c7ccccc7n(-c7ccccc7)c6cc54)c(-c4ccccc4)c3)n2)C=C1. The van der Waals surface area contributed by atoms with Crippen molar-refractivity contribution < 1.29 is 0 Å². The van der Waals surface area contributed by atoms with Crippen LogP contribution in [-0.2, 0) is 0 Å². The van der Waals surface area contributed by atoms with Gasteiger partial charge >= 0.3 is 0 Å². The third-order valence-electron chi connectivity index (χ3n) is 12.4. The van der Waals surface area contributed by atoms with Crippen LogP contribution in [0.3, 0.4) is 0 Å². The van der Waals surface area contributed by atoms with Crippen molar-refractivity contribution in [1.82, 2.24) is 19.1 Å². The molecule has 3 heterocycles. The Morgan fingerprint density at radius 1 is 0.387 bits per heavy atom. The largest absolute Gasteiger partial charge is 0.309 e. The van der Waals surface area contributed by atoms with Gasteiger partial charge in [-0.05, 0) is 72.1 Å². The summed E-state index contributed by atoms with van der Waals surface area (Å²) in [6, 6.07) is 72.3. The van der Waals surface area contributed by atoms with E-state index in [1.54, 1.807) is 0 Å². The summed E-state index contributed by atoms with van der Waals surface area (Å²) in [5.74, 6) is 0.915. The fraction of sp³-hybridized carbons (Fsp3) is 0.0345. The normalized spacial score (nSPS) is 13.8. The Balaban J connectivity index is 1.20. The van der Waals surface area contributed by atoms with Gasteiger partial charge in [0.1, 0.15) is 5.82 Å². The van der Waals surface area contributed by atoms with E-state index in [2.05, 4.69) is 234 Å². The van der Waals surface area contributed by atoms with Crippen molar-refractivity contribution in [2.24, 2.45) is 0 Å². The van der Waals surface area contributed by atoms with E-state index in [9.17, 15) is 0 Å². The Hall–Kier alpha value is -8.08. The van der Waals surface area contributed by atoms with E-state index in [1.807, 2.05) is 0 Å². The summed E-state index contributed by atoms with van der Waals surface area (Å²) in [4.78, 5) is 10.6. The predicted octanol–water partition coefficient (Wildman–Crippen LogP) is 14.9. The number of nitrogens with zero attached hydrogens (tertiary/aromatic N) is 4. The fourth-order valence-corrected chi connectivity index (χ4v) is 9.53. The molecule has 0 amide bonds. The average Bonchev–Trinajstić information content (AvgIpc) is 3.85. The first kappa shape index (κ1) is 35.8. The molecule has 8 aromatic carbocycles. The third-order valence-corrected chi connectivity index (χ3v) is 12.4. The molecule has 12 rings (SSSR count). The molecule has 4 nitrogen and oxygen atoms in total. The molecular weight excluding hydrogens is 753 g/mol. The van der Waals surface area contributed by atoms with Gasteiger partial charge < -0.3 is 9.13 Å². The molecule has 3 aromatic heterocycles. The van der Waals surface area contributed by atoms with Gasteiger partial charge in [-0.1, -0.05) is 170 Å². The number of fused-ring (bicyclic) bond motifs is 6. The van der Waals surface area contributed by atoms with Gasteiger partial charge in [0, 0.05) is 55.4 Å². The van der Waals surface area contributed by atoms with Crippen molar-refractivity contribution >= 4 is 43.6 Å². The Morgan fingerprint density at radius 3 is 1.47 bits per heavy atom. The number of aromatic nitrogens is 4. The molecule has 0 bridgehead atoms. The zero-order valence-electron chi connectivity index (χ0n) is 33.9. The Morgan fingerprint density at radius 2 is 0.887 bits per heavy atom. The van der Waals surface area contributed by atoms with Gasteiger partial charge in [-0.3, -0.25) is 0 Å². The number of hydrogen-bond acceptors (Lipinski definition) is 2. The lowest BCUT2D eigenvalue weighted by atomic mass is 9.91. The minimum atomic E-state index is 0.0878. The number of benzene rings is 8. The molecule has 0 aliphatic heterocycles. The number of rotatable bonds is 7. The van der Waals surface area contributed by atoms with Crippen LogP contribution in [0.25, 0.3) is 99.8 Å². The number of para-hydroxylation sites is 3. The standard InChI is InChI=1S/C58H40N4/c1-6-20-39(21-7-1)47-34-43(52-37-51(41-24-10-3-11-25-41)59-58(60-52)42-26-12-4-13-27-42)35-48(40-22-8-2-9-23-40)57(47)62-54-33-19-17-31-46(54)50-36-49-45-30-16-18-32-53(45)61(55(49)38-56(50)62)44-28-14-5-15-29-44/h1-26,28-38,42H,27H2. The van der Waals surface area contributed by atoms with Crippen LogP contribution in [0.1, 0.15) is 18.2 Å². The van der Waals surface area contributed by atoms with E-state index in [0.717, 1.165) is 79.4 Å². The summed E-state index contributed by atoms with van der Waals surface area (Å²) in [6.07, 6.45) is 9.51. The summed E-state index contributed by atoms with van der Waals surface area (Å²) in [5.41, 5.74) is 15.3. The highest BCUT2D eigenvalue weighted by Gasteiger charge is 2.25. The molecule has 1 aliphatic carbocycles. The molecule has 0 spiro atoms. The average molecular weight is 793 g/mol. The number of allylic oxidation sites excluding steroid dienone is 4. The quantitative estimate of drug-likeness (QED) is 0.161. The minimum Gasteiger partial charge on any atom is -0.309 e. The molecule has 62 heavy (non-hydrogen) atoms. The van der Waals surface area contributed by atoms with E-state index in [1.165, 1.54) is 32.6 Å². The van der Waals surface area contributed by atoms with Crippen LogP contribution in [0.2, 0.25) is 0 Å². The second kappa shape index (κ2) is 14.9. The molecule has 292 valence electrons. The van der Waals surface area contributed by atoms with Crippen molar-refractivity contribution in [2.75, 3.05) is 0 Å². The zero-order valence-corrected chi connectivity index (χ0v) is 33.9. The maximum absolute atomic E-state index is 5.40. The van der Waals surface area contributed by atoms with Gasteiger partial charge in [0.25, 0.3) is 0 Å². The van der Waals surface area contributed by atoms with Crippen LogP contribution in [0, 0.1) is 0 Å². The Bertz CT molecular complexity index is 3460. The van der Waals surface area contributed by atoms with Crippen LogP contribution in [0.15, 0.2) is 224 Å². The third kappa shape index (κ3) is 5.99. The maximum Gasteiger partial charge on any atom is 0.136 e.